The van der Waals surface area contributed by atoms with Crippen LogP contribution in [0.2, 0.25) is 5.02 Å². The Bertz CT molecular complexity index is 728. The van der Waals surface area contributed by atoms with Gasteiger partial charge in [0, 0.05) is 31.4 Å². The van der Waals surface area contributed by atoms with Gasteiger partial charge in [-0.25, -0.2) is 0 Å². The van der Waals surface area contributed by atoms with Gasteiger partial charge in [-0.05, 0) is 25.2 Å². The zero-order chi connectivity index (χ0) is 17.0. The van der Waals surface area contributed by atoms with Gasteiger partial charge >= 0.3 is 0 Å². The molecule has 0 spiro atoms. The van der Waals surface area contributed by atoms with E-state index >= 15 is 0 Å². The van der Waals surface area contributed by atoms with E-state index in [1.807, 2.05) is 0 Å². The third kappa shape index (κ3) is 4.30. The zero-order valence-electron chi connectivity index (χ0n) is 13.1. The standard InChI is InChI=1S/C15H18ClN5O2/c1-9(22)19-11-4-5-12(16)13(6-11)20-15(23)14(17-2)10-7-18-21(3)8-10/h4-8,14,17H,1-3H3,(H,19,22)(H,20,23). The largest absolute Gasteiger partial charge is 0.326 e. The Morgan fingerprint density at radius 3 is 2.61 bits per heavy atom. The Labute approximate surface area is 139 Å². The molecule has 1 aromatic carbocycles. The predicted octanol–water partition coefficient (Wildman–Crippen LogP) is 1.93. The zero-order valence-corrected chi connectivity index (χ0v) is 13.8. The molecule has 122 valence electrons. The van der Waals surface area contributed by atoms with E-state index in [4.69, 9.17) is 11.6 Å². The van der Waals surface area contributed by atoms with Crippen molar-refractivity contribution in [2.24, 2.45) is 7.05 Å². The third-order valence-corrected chi connectivity index (χ3v) is 3.48. The van der Waals surface area contributed by atoms with E-state index in [0.29, 0.717) is 16.4 Å². The van der Waals surface area contributed by atoms with Crippen LogP contribution >= 0.6 is 11.6 Å². The van der Waals surface area contributed by atoms with Crippen molar-refractivity contribution in [1.82, 2.24) is 15.1 Å². The molecule has 0 saturated heterocycles. The van der Waals surface area contributed by atoms with Gasteiger partial charge in [-0.3, -0.25) is 14.3 Å². The maximum Gasteiger partial charge on any atom is 0.246 e. The van der Waals surface area contributed by atoms with Crippen LogP contribution in [0.4, 0.5) is 11.4 Å². The van der Waals surface area contributed by atoms with Gasteiger partial charge in [0.1, 0.15) is 6.04 Å². The van der Waals surface area contributed by atoms with Crippen LogP contribution in [0, 0.1) is 0 Å². The van der Waals surface area contributed by atoms with E-state index in [1.54, 1.807) is 49.4 Å². The maximum absolute atomic E-state index is 12.5. The van der Waals surface area contributed by atoms with Crippen molar-refractivity contribution >= 4 is 34.8 Å². The van der Waals surface area contributed by atoms with Crippen LogP contribution in [0.15, 0.2) is 30.6 Å². The molecule has 2 rings (SSSR count). The molecule has 0 bridgehead atoms. The first-order valence-corrected chi connectivity index (χ1v) is 7.32. The molecular formula is C15H18ClN5O2. The first kappa shape index (κ1) is 17.0. The number of carbonyl (C=O) groups is 2. The van der Waals surface area contributed by atoms with Crippen LogP contribution in [0.3, 0.4) is 0 Å². The van der Waals surface area contributed by atoms with Crippen molar-refractivity contribution in [3.05, 3.63) is 41.2 Å². The molecule has 0 aliphatic carbocycles. The lowest BCUT2D eigenvalue weighted by atomic mass is 10.1. The number of halogens is 1. The summed E-state index contributed by atoms with van der Waals surface area (Å²) in [5.74, 6) is -0.476. The molecular weight excluding hydrogens is 318 g/mol. The number of aromatic nitrogens is 2. The van der Waals surface area contributed by atoms with Crippen LogP contribution in [-0.2, 0) is 16.6 Å². The summed E-state index contributed by atoms with van der Waals surface area (Å²) in [5.41, 5.74) is 1.72. The van der Waals surface area contributed by atoms with Gasteiger partial charge < -0.3 is 16.0 Å². The van der Waals surface area contributed by atoms with Crippen molar-refractivity contribution in [1.29, 1.82) is 0 Å². The number of anilines is 2. The van der Waals surface area contributed by atoms with Gasteiger partial charge in [0.05, 0.1) is 16.9 Å². The molecule has 2 aromatic rings. The molecule has 2 amide bonds. The van der Waals surface area contributed by atoms with E-state index in [0.717, 1.165) is 5.56 Å². The summed E-state index contributed by atoms with van der Waals surface area (Å²) in [7, 11) is 3.47. The summed E-state index contributed by atoms with van der Waals surface area (Å²) in [6.45, 7) is 1.41. The normalized spacial score (nSPS) is 11.8. The van der Waals surface area contributed by atoms with Gasteiger partial charge in [-0.1, -0.05) is 11.6 Å². The highest BCUT2D eigenvalue weighted by Crippen LogP contribution is 2.26. The maximum atomic E-state index is 12.5. The number of nitrogens with one attached hydrogen (secondary N) is 3. The highest BCUT2D eigenvalue weighted by Gasteiger charge is 2.21. The lowest BCUT2D eigenvalue weighted by Gasteiger charge is -2.16. The van der Waals surface area contributed by atoms with Crippen LogP contribution in [0.1, 0.15) is 18.5 Å². The fourth-order valence-electron chi connectivity index (χ4n) is 2.15. The summed E-state index contributed by atoms with van der Waals surface area (Å²) in [6.07, 6.45) is 3.38. The van der Waals surface area contributed by atoms with Crippen molar-refractivity contribution < 1.29 is 9.59 Å². The van der Waals surface area contributed by atoms with E-state index < -0.39 is 6.04 Å². The Balaban J connectivity index is 2.19. The first-order valence-electron chi connectivity index (χ1n) is 6.94. The number of likely N-dealkylation sites (N-methyl/N-ethyl adjacent to an activating group) is 1. The number of carbonyl (C=O) groups excluding carboxylic acids is 2. The molecule has 0 fully saturated rings. The number of benzene rings is 1. The lowest BCUT2D eigenvalue weighted by molar-refractivity contribution is -0.118. The number of nitrogens with zero attached hydrogens (tertiary/aromatic N) is 2. The smallest absolute Gasteiger partial charge is 0.246 e. The summed E-state index contributed by atoms with van der Waals surface area (Å²) in [6, 6.07) is 4.32. The number of amides is 2. The second-order valence-corrected chi connectivity index (χ2v) is 5.44. The molecule has 1 unspecified atom stereocenters. The van der Waals surface area contributed by atoms with Gasteiger partial charge in [0.15, 0.2) is 0 Å². The average Bonchev–Trinajstić information content (AvgIpc) is 2.89. The monoisotopic (exact) mass is 335 g/mol. The van der Waals surface area contributed by atoms with Gasteiger partial charge in [-0.2, -0.15) is 5.10 Å². The van der Waals surface area contributed by atoms with Gasteiger partial charge in [0.25, 0.3) is 0 Å². The van der Waals surface area contributed by atoms with E-state index in [9.17, 15) is 9.59 Å². The van der Waals surface area contributed by atoms with Crippen molar-refractivity contribution in [2.75, 3.05) is 17.7 Å². The van der Waals surface area contributed by atoms with Crippen LogP contribution in [0.5, 0.6) is 0 Å². The lowest BCUT2D eigenvalue weighted by Crippen LogP contribution is -2.30. The van der Waals surface area contributed by atoms with E-state index in [1.165, 1.54) is 6.92 Å². The fraction of sp³-hybridized carbons (Fsp3) is 0.267. The Kier molecular flexibility index (Phi) is 5.36. The average molecular weight is 336 g/mol. The second kappa shape index (κ2) is 7.26. The van der Waals surface area contributed by atoms with Crippen molar-refractivity contribution in [3.63, 3.8) is 0 Å². The molecule has 1 atom stereocenters. The number of rotatable bonds is 5. The number of aryl methyl sites for hydroxylation is 1. The first-order chi connectivity index (χ1) is 10.9. The summed E-state index contributed by atoms with van der Waals surface area (Å²) >= 11 is 6.11. The SMILES string of the molecule is CNC(C(=O)Nc1cc(NC(C)=O)ccc1Cl)c1cnn(C)c1. The molecule has 0 radical (unpaired) electrons. The predicted molar refractivity (Wildman–Crippen MR) is 89.4 cm³/mol. The minimum atomic E-state index is -0.566. The second-order valence-electron chi connectivity index (χ2n) is 5.03. The molecule has 0 saturated carbocycles. The highest BCUT2D eigenvalue weighted by molar-refractivity contribution is 6.34. The Morgan fingerprint density at radius 2 is 2.04 bits per heavy atom. The summed E-state index contributed by atoms with van der Waals surface area (Å²) in [4.78, 5) is 23.6. The van der Waals surface area contributed by atoms with Crippen LogP contribution in [0.25, 0.3) is 0 Å². The minimum Gasteiger partial charge on any atom is -0.326 e. The van der Waals surface area contributed by atoms with Crippen LogP contribution in [-0.4, -0.2) is 28.6 Å². The van der Waals surface area contributed by atoms with Crippen molar-refractivity contribution in [2.45, 2.75) is 13.0 Å². The van der Waals surface area contributed by atoms with Gasteiger partial charge in [-0.15, -0.1) is 0 Å². The Hall–Kier alpha value is -2.38. The van der Waals surface area contributed by atoms with E-state index in [2.05, 4.69) is 21.0 Å². The molecule has 8 heteroatoms. The molecule has 1 heterocycles. The topological polar surface area (TPSA) is 88.1 Å². The molecule has 0 aliphatic heterocycles. The summed E-state index contributed by atoms with van der Waals surface area (Å²) < 4.78 is 1.62. The fourth-order valence-corrected chi connectivity index (χ4v) is 2.31. The minimum absolute atomic E-state index is 0.201. The summed E-state index contributed by atoms with van der Waals surface area (Å²) in [5, 5.41) is 12.8. The number of hydrogen-bond donors (Lipinski definition) is 3. The quantitative estimate of drug-likeness (QED) is 0.779. The molecule has 1 aromatic heterocycles. The molecule has 7 nitrogen and oxygen atoms in total. The third-order valence-electron chi connectivity index (χ3n) is 3.15. The molecule has 23 heavy (non-hydrogen) atoms. The van der Waals surface area contributed by atoms with E-state index in [-0.39, 0.29) is 11.8 Å². The van der Waals surface area contributed by atoms with Crippen LogP contribution < -0.4 is 16.0 Å². The van der Waals surface area contributed by atoms with Gasteiger partial charge in [0.2, 0.25) is 11.8 Å². The van der Waals surface area contributed by atoms with Crippen molar-refractivity contribution in [3.8, 4) is 0 Å². The Morgan fingerprint density at radius 1 is 1.30 bits per heavy atom. The highest BCUT2D eigenvalue weighted by atomic mass is 35.5. The molecule has 3 N–H and O–H groups in total. The molecule has 0 aliphatic rings. The number of hydrogen-bond acceptors (Lipinski definition) is 4.